The van der Waals surface area contributed by atoms with E-state index >= 15 is 0 Å². The minimum atomic E-state index is -0.407. The van der Waals surface area contributed by atoms with Crippen LogP contribution in [0, 0.1) is 0 Å². The van der Waals surface area contributed by atoms with Gasteiger partial charge in [-0.2, -0.15) is 0 Å². The number of aromatic nitrogens is 3. The van der Waals surface area contributed by atoms with Crippen molar-refractivity contribution in [1.29, 1.82) is 0 Å². The molecule has 0 aliphatic rings. The first-order valence-corrected chi connectivity index (χ1v) is 19.1. The largest absolute Gasteiger partial charge is 0.456 e. The van der Waals surface area contributed by atoms with Crippen molar-refractivity contribution in [3.63, 3.8) is 0 Å². The molecule has 11 rings (SSSR count). The van der Waals surface area contributed by atoms with Crippen LogP contribution in [0.4, 0.5) is 0 Å². The van der Waals surface area contributed by atoms with Gasteiger partial charge in [-0.1, -0.05) is 164 Å². The standard InChI is InChI=1S/C51H31N3OS/c1-3-12-32(13-4-1)33-24-26-35(27-25-33)49-52-50(54-51(53-49)38-28-29-42-41-18-7-8-23-45(41)55-46(42)31-38)37-17-9-16-36(30-37)40-20-11-22-44-43-21-10-19-39(47(43)56-48(40)44)34-14-5-2-6-15-34/h1-31H/i2D,5D,6D,14D,15D. The molecule has 0 atom stereocenters. The fourth-order valence-corrected chi connectivity index (χ4v) is 8.88. The highest BCUT2D eigenvalue weighted by Gasteiger charge is 2.17. The highest BCUT2D eigenvalue weighted by molar-refractivity contribution is 7.26. The van der Waals surface area contributed by atoms with E-state index < -0.39 is 6.04 Å². The number of furan rings is 1. The smallest absolute Gasteiger partial charge is 0.164 e. The van der Waals surface area contributed by atoms with E-state index in [2.05, 4.69) is 60.7 Å². The zero-order chi connectivity index (χ0) is 41.4. The number of hydrogen-bond acceptors (Lipinski definition) is 5. The van der Waals surface area contributed by atoms with Gasteiger partial charge in [-0.15, -0.1) is 11.3 Å². The predicted molar refractivity (Wildman–Crippen MR) is 233 cm³/mol. The second kappa shape index (κ2) is 13.3. The van der Waals surface area contributed by atoms with Gasteiger partial charge in [0.1, 0.15) is 11.2 Å². The number of benzene rings is 8. The minimum absolute atomic E-state index is 0.197. The van der Waals surface area contributed by atoms with Crippen molar-refractivity contribution in [2.75, 3.05) is 0 Å². The molecule has 0 aliphatic carbocycles. The van der Waals surface area contributed by atoms with Gasteiger partial charge in [0, 0.05) is 47.6 Å². The summed E-state index contributed by atoms with van der Waals surface area (Å²) in [4.78, 5) is 15.2. The summed E-state index contributed by atoms with van der Waals surface area (Å²) < 4.78 is 50.4. The summed E-state index contributed by atoms with van der Waals surface area (Å²) in [5.41, 5.74) is 9.02. The van der Waals surface area contributed by atoms with Gasteiger partial charge in [0.25, 0.3) is 0 Å². The molecule has 0 N–H and O–H groups in total. The molecule has 4 nitrogen and oxygen atoms in total. The van der Waals surface area contributed by atoms with Crippen LogP contribution in [-0.4, -0.2) is 15.0 Å². The number of fused-ring (bicyclic) bond motifs is 6. The Kier molecular flexibility index (Phi) is 6.49. The Labute approximate surface area is 334 Å². The molecule has 56 heavy (non-hydrogen) atoms. The Hall–Kier alpha value is -7.21. The van der Waals surface area contributed by atoms with Gasteiger partial charge in [-0.25, -0.2) is 15.0 Å². The van der Waals surface area contributed by atoms with Crippen LogP contribution in [0.2, 0.25) is 0 Å². The average Bonchev–Trinajstić information content (AvgIpc) is 3.89. The summed E-state index contributed by atoms with van der Waals surface area (Å²) >= 11 is 1.55. The number of rotatable bonds is 6. The highest BCUT2D eigenvalue weighted by atomic mass is 32.1. The maximum absolute atomic E-state index is 8.72. The second-order valence-electron chi connectivity index (χ2n) is 13.6. The molecule has 0 spiro atoms. The van der Waals surface area contributed by atoms with E-state index in [0.717, 1.165) is 81.1 Å². The lowest BCUT2D eigenvalue weighted by atomic mass is 9.99. The third kappa shape index (κ3) is 5.56. The molecular formula is C51H31N3OS. The molecule has 3 aromatic heterocycles. The van der Waals surface area contributed by atoms with E-state index in [1.165, 1.54) is 0 Å². The van der Waals surface area contributed by atoms with E-state index in [1.807, 2.05) is 97.1 Å². The van der Waals surface area contributed by atoms with Crippen LogP contribution in [0.25, 0.3) is 110 Å². The van der Waals surface area contributed by atoms with Crippen LogP contribution in [0.5, 0.6) is 0 Å². The maximum Gasteiger partial charge on any atom is 0.164 e. The Morgan fingerprint density at radius 2 is 0.893 bits per heavy atom. The summed E-state index contributed by atoms with van der Waals surface area (Å²) in [5, 5.41) is 4.04. The number of hydrogen-bond donors (Lipinski definition) is 0. The first-order chi connectivity index (χ1) is 29.8. The van der Waals surface area contributed by atoms with Gasteiger partial charge in [0.05, 0.1) is 6.85 Å². The summed E-state index contributed by atoms with van der Waals surface area (Å²) in [6.45, 7) is 0. The quantitative estimate of drug-likeness (QED) is 0.170. The van der Waals surface area contributed by atoms with Gasteiger partial charge in [-0.3, -0.25) is 0 Å². The monoisotopic (exact) mass is 738 g/mol. The zero-order valence-electron chi connectivity index (χ0n) is 34.7. The van der Waals surface area contributed by atoms with E-state index in [4.69, 9.17) is 26.2 Å². The maximum atomic E-state index is 8.72. The van der Waals surface area contributed by atoms with Gasteiger partial charge < -0.3 is 4.42 Å². The van der Waals surface area contributed by atoms with E-state index in [9.17, 15) is 0 Å². The van der Waals surface area contributed by atoms with Gasteiger partial charge in [0.15, 0.2) is 17.5 Å². The molecule has 0 fully saturated rings. The van der Waals surface area contributed by atoms with Crippen molar-refractivity contribution < 1.29 is 11.3 Å². The lowest BCUT2D eigenvalue weighted by Crippen LogP contribution is -2.00. The molecule has 0 saturated carbocycles. The fraction of sp³-hybridized carbons (Fsp3) is 0. The summed E-state index contributed by atoms with van der Waals surface area (Å²) in [5.74, 6) is 1.58. The third-order valence-corrected chi connectivity index (χ3v) is 11.5. The average molecular weight is 739 g/mol. The van der Waals surface area contributed by atoms with E-state index in [0.29, 0.717) is 23.0 Å². The number of nitrogens with zero attached hydrogens (tertiary/aromatic N) is 3. The lowest BCUT2D eigenvalue weighted by molar-refractivity contribution is 0.669. The molecule has 0 amide bonds. The summed E-state index contributed by atoms with van der Waals surface area (Å²) in [6.07, 6.45) is 0. The van der Waals surface area contributed by atoms with Gasteiger partial charge in [0.2, 0.25) is 0 Å². The van der Waals surface area contributed by atoms with Crippen LogP contribution in [0.1, 0.15) is 6.85 Å². The fourth-order valence-electron chi connectivity index (χ4n) is 7.53. The van der Waals surface area contributed by atoms with Crippen LogP contribution in [0.3, 0.4) is 0 Å². The van der Waals surface area contributed by atoms with E-state index in [1.54, 1.807) is 11.3 Å². The van der Waals surface area contributed by atoms with Crippen LogP contribution in [-0.2, 0) is 0 Å². The molecule has 8 aromatic carbocycles. The SMILES string of the molecule is [2H]c1c([2H])c([2H])c(-c2cccc3c2sc2c(-c4cccc(-c5nc(-c6ccc(-c7ccccc7)cc6)nc(-c6ccc7c(c6)oc6ccccc67)n5)c4)cccc23)c([2H])c1[2H]. The number of para-hydroxylation sites is 1. The highest BCUT2D eigenvalue weighted by Crippen LogP contribution is 2.44. The van der Waals surface area contributed by atoms with Crippen molar-refractivity contribution in [3.05, 3.63) is 188 Å². The van der Waals surface area contributed by atoms with Gasteiger partial charge in [-0.05, 0) is 57.6 Å². The number of thiophene rings is 1. The lowest BCUT2D eigenvalue weighted by Gasteiger charge is -2.10. The Morgan fingerprint density at radius 3 is 1.64 bits per heavy atom. The van der Waals surface area contributed by atoms with Gasteiger partial charge >= 0.3 is 0 Å². The van der Waals surface area contributed by atoms with Crippen molar-refractivity contribution in [2.24, 2.45) is 0 Å². The summed E-state index contributed by atoms with van der Waals surface area (Å²) in [7, 11) is 0. The molecule has 262 valence electrons. The topological polar surface area (TPSA) is 51.8 Å². The first-order valence-electron chi connectivity index (χ1n) is 20.8. The molecule has 5 heteroatoms. The molecule has 0 aliphatic heterocycles. The van der Waals surface area contributed by atoms with Crippen LogP contribution < -0.4 is 0 Å². The Balaban J connectivity index is 1.05. The Morgan fingerprint density at radius 1 is 0.375 bits per heavy atom. The zero-order valence-corrected chi connectivity index (χ0v) is 30.5. The molecule has 0 bridgehead atoms. The molecular weight excluding hydrogens is 703 g/mol. The molecule has 3 heterocycles. The van der Waals surface area contributed by atoms with Crippen molar-refractivity contribution in [3.8, 4) is 67.5 Å². The third-order valence-electron chi connectivity index (χ3n) is 10.2. The molecule has 0 saturated heterocycles. The second-order valence-corrected chi connectivity index (χ2v) is 14.6. The van der Waals surface area contributed by atoms with Crippen LogP contribution in [0.15, 0.2) is 192 Å². The molecule has 0 radical (unpaired) electrons. The first kappa shape index (κ1) is 27.4. The van der Waals surface area contributed by atoms with E-state index in [-0.39, 0.29) is 29.7 Å². The molecule has 0 unspecified atom stereocenters. The van der Waals surface area contributed by atoms with Crippen molar-refractivity contribution in [1.82, 2.24) is 15.0 Å². The van der Waals surface area contributed by atoms with Crippen LogP contribution >= 0.6 is 11.3 Å². The normalized spacial score (nSPS) is 12.8. The minimum Gasteiger partial charge on any atom is -0.456 e. The van der Waals surface area contributed by atoms with Crippen molar-refractivity contribution >= 4 is 53.4 Å². The van der Waals surface area contributed by atoms with Crippen molar-refractivity contribution in [2.45, 2.75) is 0 Å². The molecule has 11 aromatic rings. The predicted octanol–water partition coefficient (Wildman–Crippen LogP) is 14.1. The summed E-state index contributed by atoms with van der Waals surface area (Å²) in [6, 6.07) is 51.2. The Bertz CT molecular complexity index is 3520.